The first-order valence-electron chi connectivity index (χ1n) is 6.30. The van der Waals surface area contributed by atoms with Crippen LogP contribution in [0.1, 0.15) is 54.9 Å². The molecule has 0 spiro atoms. The highest BCUT2D eigenvalue weighted by atomic mass is 79.9. The van der Waals surface area contributed by atoms with Crippen molar-refractivity contribution in [3.8, 4) is 0 Å². The summed E-state index contributed by atoms with van der Waals surface area (Å²) in [6.45, 7) is 4.27. The molecule has 92 valence electrons. The highest BCUT2D eigenvalue weighted by molar-refractivity contribution is 9.10. The van der Waals surface area contributed by atoms with Gasteiger partial charge < -0.3 is 0 Å². The number of halogens is 1. The molecule has 0 aromatic heterocycles. The fourth-order valence-electron chi connectivity index (χ4n) is 2.78. The second kappa shape index (κ2) is 4.93. The van der Waals surface area contributed by atoms with E-state index < -0.39 is 0 Å². The van der Waals surface area contributed by atoms with Gasteiger partial charge in [-0.25, -0.2) is 0 Å². The number of hydrogen-bond donors (Lipinski definition) is 0. The number of carbonyl (C=O) groups is 1. The molecule has 0 N–H and O–H groups in total. The molecule has 0 bridgehead atoms. The third-order valence-corrected chi connectivity index (χ3v) is 4.39. The SMILES string of the molecule is Cc1ccc(Br)cc1C(=O)CC1(C)CCCC1. The molecule has 2 heteroatoms. The van der Waals surface area contributed by atoms with E-state index in [9.17, 15) is 4.79 Å². The van der Waals surface area contributed by atoms with Gasteiger partial charge in [-0.15, -0.1) is 0 Å². The molecule has 0 radical (unpaired) electrons. The summed E-state index contributed by atoms with van der Waals surface area (Å²) < 4.78 is 0.989. The van der Waals surface area contributed by atoms with E-state index in [0.717, 1.165) is 15.6 Å². The molecule has 0 unspecified atom stereocenters. The Morgan fingerprint density at radius 1 is 1.35 bits per heavy atom. The van der Waals surface area contributed by atoms with Crippen molar-refractivity contribution in [2.24, 2.45) is 5.41 Å². The zero-order valence-electron chi connectivity index (χ0n) is 10.6. The molecule has 1 aromatic carbocycles. The number of hydrogen-bond acceptors (Lipinski definition) is 1. The van der Waals surface area contributed by atoms with Crippen molar-refractivity contribution in [2.75, 3.05) is 0 Å². The van der Waals surface area contributed by atoms with Crippen LogP contribution in [0.5, 0.6) is 0 Å². The summed E-state index contributed by atoms with van der Waals surface area (Å²) in [6.07, 6.45) is 5.66. The van der Waals surface area contributed by atoms with Gasteiger partial charge in [-0.05, 0) is 42.9 Å². The molecule has 1 fully saturated rings. The van der Waals surface area contributed by atoms with Crippen molar-refractivity contribution < 1.29 is 4.79 Å². The van der Waals surface area contributed by atoms with Gasteiger partial charge >= 0.3 is 0 Å². The van der Waals surface area contributed by atoms with Crippen LogP contribution in [0.3, 0.4) is 0 Å². The third kappa shape index (κ3) is 2.98. The molecule has 0 saturated heterocycles. The average Bonchev–Trinajstić information content (AvgIpc) is 2.68. The van der Waals surface area contributed by atoms with Crippen molar-refractivity contribution in [1.29, 1.82) is 0 Å². The van der Waals surface area contributed by atoms with Gasteiger partial charge in [0, 0.05) is 16.5 Å². The maximum atomic E-state index is 12.4. The standard InChI is InChI=1S/C15H19BrO/c1-11-5-6-12(16)9-13(11)14(17)10-15(2)7-3-4-8-15/h5-6,9H,3-4,7-8,10H2,1-2H3. The normalized spacial score (nSPS) is 18.3. The van der Waals surface area contributed by atoms with Crippen LogP contribution in [0.25, 0.3) is 0 Å². The predicted octanol–water partition coefficient (Wildman–Crippen LogP) is 4.91. The number of aryl methyl sites for hydroxylation is 1. The van der Waals surface area contributed by atoms with E-state index in [-0.39, 0.29) is 5.41 Å². The summed E-state index contributed by atoms with van der Waals surface area (Å²) in [6, 6.07) is 5.95. The molecule has 0 amide bonds. The number of ketones is 1. The van der Waals surface area contributed by atoms with Gasteiger partial charge in [0.15, 0.2) is 5.78 Å². The molecule has 0 heterocycles. The fraction of sp³-hybridized carbons (Fsp3) is 0.533. The lowest BCUT2D eigenvalue weighted by atomic mass is 9.81. The second-order valence-corrected chi connectivity index (χ2v) is 6.49. The summed E-state index contributed by atoms with van der Waals surface area (Å²) in [5, 5.41) is 0. The smallest absolute Gasteiger partial charge is 0.163 e. The lowest BCUT2D eigenvalue weighted by Gasteiger charge is -2.22. The van der Waals surface area contributed by atoms with Crippen molar-refractivity contribution in [2.45, 2.75) is 46.0 Å². The fourth-order valence-corrected chi connectivity index (χ4v) is 3.14. The molecule has 1 saturated carbocycles. The molecular formula is C15H19BrO. The van der Waals surface area contributed by atoms with Crippen molar-refractivity contribution in [3.63, 3.8) is 0 Å². The number of carbonyl (C=O) groups excluding carboxylic acids is 1. The summed E-state index contributed by atoms with van der Waals surface area (Å²) >= 11 is 3.44. The van der Waals surface area contributed by atoms with E-state index in [4.69, 9.17) is 0 Å². The Morgan fingerprint density at radius 2 is 2.00 bits per heavy atom. The number of rotatable bonds is 3. The van der Waals surface area contributed by atoms with Gasteiger partial charge in [0.05, 0.1) is 0 Å². The van der Waals surface area contributed by atoms with E-state index >= 15 is 0 Å². The highest BCUT2D eigenvalue weighted by Crippen LogP contribution is 2.41. The zero-order valence-corrected chi connectivity index (χ0v) is 12.1. The van der Waals surface area contributed by atoms with Crippen LogP contribution in [-0.2, 0) is 0 Å². The number of benzene rings is 1. The van der Waals surface area contributed by atoms with Crippen LogP contribution in [0.15, 0.2) is 22.7 Å². The molecular weight excluding hydrogens is 276 g/mol. The molecule has 17 heavy (non-hydrogen) atoms. The Hall–Kier alpha value is -0.630. The predicted molar refractivity (Wildman–Crippen MR) is 74.4 cm³/mol. The van der Waals surface area contributed by atoms with E-state index in [1.54, 1.807) is 0 Å². The van der Waals surface area contributed by atoms with Crippen molar-refractivity contribution >= 4 is 21.7 Å². The van der Waals surface area contributed by atoms with Crippen molar-refractivity contribution in [3.05, 3.63) is 33.8 Å². The van der Waals surface area contributed by atoms with E-state index in [0.29, 0.717) is 12.2 Å². The summed E-state index contributed by atoms with van der Waals surface area (Å²) in [4.78, 5) is 12.4. The second-order valence-electron chi connectivity index (χ2n) is 5.58. The van der Waals surface area contributed by atoms with Crippen LogP contribution >= 0.6 is 15.9 Å². The van der Waals surface area contributed by atoms with E-state index in [1.807, 2.05) is 25.1 Å². The van der Waals surface area contributed by atoms with E-state index in [1.165, 1.54) is 25.7 Å². The van der Waals surface area contributed by atoms with Crippen molar-refractivity contribution in [1.82, 2.24) is 0 Å². The largest absolute Gasteiger partial charge is 0.294 e. The first-order valence-corrected chi connectivity index (χ1v) is 7.09. The van der Waals surface area contributed by atoms with Gasteiger partial charge in [-0.3, -0.25) is 4.79 Å². The first-order chi connectivity index (χ1) is 8.00. The Morgan fingerprint density at radius 3 is 2.65 bits per heavy atom. The molecule has 0 aliphatic heterocycles. The minimum absolute atomic E-state index is 0.242. The Kier molecular flexibility index (Phi) is 3.72. The molecule has 0 atom stereocenters. The van der Waals surface area contributed by atoms with Crippen LogP contribution in [0.4, 0.5) is 0 Å². The molecule has 2 rings (SSSR count). The summed E-state index contributed by atoms with van der Waals surface area (Å²) in [7, 11) is 0. The molecule has 1 nitrogen and oxygen atoms in total. The lowest BCUT2D eigenvalue weighted by molar-refractivity contribution is 0.0923. The maximum Gasteiger partial charge on any atom is 0.163 e. The third-order valence-electron chi connectivity index (χ3n) is 3.90. The van der Waals surface area contributed by atoms with Gasteiger partial charge in [0.2, 0.25) is 0 Å². The monoisotopic (exact) mass is 294 g/mol. The Labute approximate surface area is 112 Å². The van der Waals surface area contributed by atoms with Crippen LogP contribution in [0, 0.1) is 12.3 Å². The average molecular weight is 295 g/mol. The van der Waals surface area contributed by atoms with Gasteiger partial charge in [0.1, 0.15) is 0 Å². The summed E-state index contributed by atoms with van der Waals surface area (Å²) in [5.41, 5.74) is 2.21. The first kappa shape index (κ1) is 12.8. The molecule has 1 aliphatic carbocycles. The van der Waals surface area contributed by atoms with E-state index in [2.05, 4.69) is 22.9 Å². The van der Waals surface area contributed by atoms with Crippen LogP contribution < -0.4 is 0 Å². The topological polar surface area (TPSA) is 17.1 Å². The van der Waals surface area contributed by atoms with Crippen LogP contribution in [-0.4, -0.2) is 5.78 Å². The molecule has 1 aromatic rings. The summed E-state index contributed by atoms with van der Waals surface area (Å²) in [5.74, 6) is 0.299. The van der Waals surface area contributed by atoms with Gasteiger partial charge in [0.25, 0.3) is 0 Å². The number of Topliss-reactive ketones (excluding diaryl/α,β-unsaturated/α-hetero) is 1. The van der Waals surface area contributed by atoms with Gasteiger partial charge in [-0.2, -0.15) is 0 Å². The Balaban J connectivity index is 2.17. The minimum Gasteiger partial charge on any atom is -0.294 e. The molecule has 1 aliphatic rings. The Bertz CT molecular complexity index is 431. The minimum atomic E-state index is 0.242. The maximum absolute atomic E-state index is 12.4. The highest BCUT2D eigenvalue weighted by Gasteiger charge is 2.31. The zero-order chi connectivity index (χ0) is 12.5. The quantitative estimate of drug-likeness (QED) is 0.724. The van der Waals surface area contributed by atoms with Crippen LogP contribution in [0.2, 0.25) is 0 Å². The van der Waals surface area contributed by atoms with Gasteiger partial charge in [-0.1, -0.05) is 41.8 Å². The lowest BCUT2D eigenvalue weighted by Crippen LogP contribution is -2.17.